The summed E-state index contributed by atoms with van der Waals surface area (Å²) < 4.78 is 12.0. The Morgan fingerprint density at radius 3 is 2.93 bits per heavy atom. The van der Waals surface area contributed by atoms with Gasteiger partial charge in [0.05, 0.1) is 22.3 Å². The molecule has 0 aliphatic rings. The number of hydrogen-bond donors (Lipinski definition) is 1. The topological polar surface area (TPSA) is 99.2 Å². The molecule has 0 saturated carbocycles. The summed E-state index contributed by atoms with van der Waals surface area (Å²) in [6, 6.07) is 8.84. The molecule has 0 spiro atoms. The second kappa shape index (κ2) is 9.52. The minimum Gasteiger partial charge on any atom is -0.382 e. The van der Waals surface area contributed by atoms with Crippen LogP contribution in [0.25, 0.3) is 10.9 Å². The van der Waals surface area contributed by atoms with E-state index in [-0.39, 0.29) is 17.2 Å². The number of fused-ring (bicyclic) bond motifs is 1. The summed E-state index contributed by atoms with van der Waals surface area (Å²) in [5.74, 6) is 0.129. The van der Waals surface area contributed by atoms with Crippen LogP contribution >= 0.6 is 11.8 Å². The number of amides is 1. The van der Waals surface area contributed by atoms with Crippen LogP contribution in [0.3, 0.4) is 0 Å². The number of benzene rings is 1. The minimum absolute atomic E-state index is 0.0932. The smallest absolute Gasteiger partial charge is 0.262 e. The van der Waals surface area contributed by atoms with Crippen molar-refractivity contribution in [3.63, 3.8) is 0 Å². The van der Waals surface area contributed by atoms with E-state index in [0.29, 0.717) is 53.8 Å². The lowest BCUT2D eigenvalue weighted by Crippen LogP contribution is -2.25. The number of aryl methyl sites for hydroxylation is 1. The third-order valence-electron chi connectivity index (χ3n) is 3.92. The Labute approximate surface area is 166 Å². The molecule has 0 fully saturated rings. The average Bonchev–Trinajstić information content (AvgIpc) is 3.09. The molecule has 0 bridgehead atoms. The SMILES string of the molecule is CCOCCCn1c(SCC(=O)Nc2cc(C)no2)nc2ccccc2c1=O. The van der Waals surface area contributed by atoms with Crippen LogP contribution in [0.15, 0.2) is 44.8 Å². The Balaban J connectivity index is 1.77. The minimum atomic E-state index is -0.260. The first-order valence-corrected chi connectivity index (χ1v) is 10.0. The van der Waals surface area contributed by atoms with Crippen molar-refractivity contribution in [3.8, 4) is 0 Å². The Kier molecular flexibility index (Phi) is 6.83. The normalized spacial score (nSPS) is 11.1. The molecule has 9 heteroatoms. The summed E-state index contributed by atoms with van der Waals surface area (Å²) in [5, 5.41) is 7.43. The molecule has 0 aliphatic carbocycles. The standard InChI is InChI=1S/C19H22N4O4S/c1-3-26-10-6-9-23-18(25)14-7-4-5-8-15(14)20-19(23)28-12-16(24)21-17-11-13(2)22-27-17/h4-5,7-8,11H,3,6,9-10,12H2,1-2H3,(H,21,24). The third kappa shape index (κ3) is 4.99. The van der Waals surface area contributed by atoms with Crippen LogP contribution in [-0.2, 0) is 16.1 Å². The number of carbonyl (C=O) groups is 1. The summed E-state index contributed by atoms with van der Waals surface area (Å²) in [5.41, 5.74) is 1.18. The lowest BCUT2D eigenvalue weighted by atomic mass is 10.2. The maximum absolute atomic E-state index is 12.9. The van der Waals surface area contributed by atoms with Crippen LogP contribution in [0.1, 0.15) is 19.0 Å². The maximum atomic E-state index is 12.9. The highest BCUT2D eigenvalue weighted by molar-refractivity contribution is 7.99. The highest BCUT2D eigenvalue weighted by atomic mass is 32.2. The molecule has 0 unspecified atom stereocenters. The first-order chi connectivity index (χ1) is 13.6. The van der Waals surface area contributed by atoms with Gasteiger partial charge in [-0.2, -0.15) is 0 Å². The van der Waals surface area contributed by atoms with Gasteiger partial charge in [0.15, 0.2) is 5.16 Å². The quantitative estimate of drug-likeness (QED) is 0.334. The number of carbonyl (C=O) groups excluding carboxylic acids is 1. The van der Waals surface area contributed by atoms with Crippen LogP contribution in [0.2, 0.25) is 0 Å². The molecule has 0 radical (unpaired) electrons. The largest absolute Gasteiger partial charge is 0.382 e. The molecule has 2 aromatic heterocycles. The number of para-hydroxylation sites is 1. The first kappa shape index (κ1) is 20.1. The van der Waals surface area contributed by atoms with Crippen LogP contribution < -0.4 is 10.9 Å². The van der Waals surface area contributed by atoms with Gasteiger partial charge >= 0.3 is 0 Å². The average molecular weight is 402 g/mol. The summed E-state index contributed by atoms with van der Waals surface area (Å²) in [6.07, 6.45) is 0.685. The second-order valence-corrected chi connectivity index (χ2v) is 7.03. The van der Waals surface area contributed by atoms with Crippen LogP contribution in [-0.4, -0.2) is 39.6 Å². The number of rotatable bonds is 9. The predicted octanol–water partition coefficient (Wildman–Crippen LogP) is 2.85. The fraction of sp³-hybridized carbons (Fsp3) is 0.368. The van der Waals surface area contributed by atoms with E-state index in [4.69, 9.17) is 9.26 Å². The van der Waals surface area contributed by atoms with Crippen molar-refractivity contribution in [1.82, 2.24) is 14.7 Å². The number of thioether (sulfide) groups is 1. The second-order valence-electron chi connectivity index (χ2n) is 6.09. The van der Waals surface area contributed by atoms with Crippen molar-refractivity contribution in [2.75, 3.05) is 24.3 Å². The van der Waals surface area contributed by atoms with E-state index in [1.165, 1.54) is 11.8 Å². The molecule has 28 heavy (non-hydrogen) atoms. The molecule has 148 valence electrons. The van der Waals surface area contributed by atoms with Crippen molar-refractivity contribution < 1.29 is 14.1 Å². The molecule has 3 aromatic rings. The van der Waals surface area contributed by atoms with Crippen molar-refractivity contribution in [1.29, 1.82) is 0 Å². The van der Waals surface area contributed by atoms with E-state index >= 15 is 0 Å². The number of anilines is 1. The van der Waals surface area contributed by atoms with Crippen molar-refractivity contribution in [3.05, 3.63) is 46.4 Å². The fourth-order valence-electron chi connectivity index (χ4n) is 2.65. The van der Waals surface area contributed by atoms with Gasteiger partial charge in [0.2, 0.25) is 11.8 Å². The van der Waals surface area contributed by atoms with Gasteiger partial charge in [-0.1, -0.05) is 29.1 Å². The number of nitrogens with zero attached hydrogens (tertiary/aromatic N) is 3. The Morgan fingerprint density at radius 2 is 2.18 bits per heavy atom. The van der Waals surface area contributed by atoms with E-state index in [1.54, 1.807) is 29.7 Å². The Bertz CT molecular complexity index is 1010. The molecule has 0 aliphatic heterocycles. The van der Waals surface area contributed by atoms with Gasteiger partial charge in [-0.15, -0.1) is 0 Å². The number of hydrogen-bond acceptors (Lipinski definition) is 7. The molecular formula is C19H22N4O4S. The molecular weight excluding hydrogens is 380 g/mol. The highest BCUT2D eigenvalue weighted by Crippen LogP contribution is 2.19. The molecule has 1 N–H and O–H groups in total. The van der Waals surface area contributed by atoms with Gasteiger partial charge in [0.1, 0.15) is 0 Å². The maximum Gasteiger partial charge on any atom is 0.262 e. The molecule has 2 heterocycles. The molecule has 0 saturated heterocycles. The Morgan fingerprint density at radius 1 is 1.36 bits per heavy atom. The molecule has 0 atom stereocenters. The van der Waals surface area contributed by atoms with Gasteiger partial charge in [-0.05, 0) is 32.4 Å². The predicted molar refractivity (Wildman–Crippen MR) is 108 cm³/mol. The highest BCUT2D eigenvalue weighted by Gasteiger charge is 2.14. The molecule has 8 nitrogen and oxygen atoms in total. The van der Waals surface area contributed by atoms with E-state index in [0.717, 1.165) is 0 Å². The summed E-state index contributed by atoms with van der Waals surface area (Å²) in [6.45, 7) is 5.37. The molecule has 3 rings (SSSR count). The van der Waals surface area contributed by atoms with Gasteiger partial charge in [-0.25, -0.2) is 4.98 Å². The van der Waals surface area contributed by atoms with Crippen molar-refractivity contribution in [2.24, 2.45) is 0 Å². The van der Waals surface area contributed by atoms with E-state index in [2.05, 4.69) is 15.5 Å². The van der Waals surface area contributed by atoms with Crippen LogP contribution in [0.4, 0.5) is 5.88 Å². The lowest BCUT2D eigenvalue weighted by Gasteiger charge is -2.13. The summed E-state index contributed by atoms with van der Waals surface area (Å²) in [4.78, 5) is 29.7. The van der Waals surface area contributed by atoms with E-state index in [9.17, 15) is 9.59 Å². The van der Waals surface area contributed by atoms with Gasteiger partial charge in [-0.3, -0.25) is 19.5 Å². The number of nitrogens with one attached hydrogen (secondary N) is 1. The molecule has 1 amide bonds. The Hall–Kier alpha value is -2.65. The number of ether oxygens (including phenoxy) is 1. The van der Waals surface area contributed by atoms with Gasteiger partial charge in [0, 0.05) is 25.8 Å². The zero-order valence-electron chi connectivity index (χ0n) is 15.8. The van der Waals surface area contributed by atoms with E-state index in [1.807, 2.05) is 19.1 Å². The number of aromatic nitrogens is 3. The summed E-state index contributed by atoms with van der Waals surface area (Å²) >= 11 is 1.21. The monoisotopic (exact) mass is 402 g/mol. The van der Waals surface area contributed by atoms with Gasteiger partial charge < -0.3 is 9.26 Å². The summed E-state index contributed by atoms with van der Waals surface area (Å²) in [7, 11) is 0. The zero-order valence-corrected chi connectivity index (χ0v) is 16.6. The lowest BCUT2D eigenvalue weighted by molar-refractivity contribution is -0.113. The van der Waals surface area contributed by atoms with Crippen molar-refractivity contribution >= 4 is 34.5 Å². The fourth-order valence-corrected chi connectivity index (χ4v) is 3.48. The molecule has 1 aromatic carbocycles. The van der Waals surface area contributed by atoms with Crippen LogP contribution in [0.5, 0.6) is 0 Å². The van der Waals surface area contributed by atoms with Gasteiger partial charge in [0.25, 0.3) is 5.56 Å². The first-order valence-electron chi connectivity index (χ1n) is 9.01. The zero-order chi connectivity index (χ0) is 19.9. The third-order valence-corrected chi connectivity index (χ3v) is 4.90. The van der Waals surface area contributed by atoms with E-state index < -0.39 is 0 Å². The van der Waals surface area contributed by atoms with Crippen LogP contribution in [0, 0.1) is 6.92 Å². The van der Waals surface area contributed by atoms with Crippen molar-refractivity contribution in [2.45, 2.75) is 32.0 Å².